The number of nitrogens with one attached hydrogen (secondary N) is 2. The molecule has 2 amide bonds. The van der Waals surface area contributed by atoms with Crippen molar-refractivity contribution in [3.05, 3.63) is 67.7 Å². The van der Waals surface area contributed by atoms with Gasteiger partial charge in [-0.3, -0.25) is 20.4 Å². The van der Waals surface area contributed by atoms with Crippen molar-refractivity contribution in [3.63, 3.8) is 0 Å². The Labute approximate surface area is 147 Å². The van der Waals surface area contributed by atoms with Crippen LogP contribution in [0.3, 0.4) is 0 Å². The number of amides is 2. The molecule has 3 aromatic rings. The van der Waals surface area contributed by atoms with Gasteiger partial charge < -0.3 is 4.42 Å². The third kappa shape index (κ3) is 3.46. The first-order chi connectivity index (χ1) is 12.0. The first kappa shape index (κ1) is 16.9. The fraction of sp³-hybridized carbons (Fsp3) is 0.167. The number of hydrogen-bond donors (Lipinski definition) is 2. The van der Waals surface area contributed by atoms with Crippen molar-refractivity contribution >= 4 is 34.1 Å². The molecule has 0 saturated heterocycles. The number of benzene rings is 1. The normalized spacial score (nSPS) is 10.6. The molecule has 0 atom stereocenters. The third-order valence-corrected chi connectivity index (χ3v) is 5.12. The molecule has 0 bridgehead atoms. The van der Waals surface area contributed by atoms with Gasteiger partial charge in [0.1, 0.15) is 11.1 Å². The second-order valence-corrected chi connectivity index (χ2v) is 6.60. The van der Waals surface area contributed by atoms with E-state index in [1.54, 1.807) is 30.3 Å². The van der Waals surface area contributed by atoms with Gasteiger partial charge in [-0.2, -0.15) is 0 Å². The van der Waals surface area contributed by atoms with Crippen molar-refractivity contribution in [1.82, 2.24) is 10.9 Å². The second-order valence-electron chi connectivity index (χ2n) is 5.46. The topological polar surface area (TPSA) is 88.4 Å². The van der Waals surface area contributed by atoms with Crippen LogP contribution in [0.25, 0.3) is 11.0 Å². The second kappa shape index (κ2) is 6.90. The van der Waals surface area contributed by atoms with Crippen LogP contribution in [0.2, 0.25) is 0 Å². The molecule has 0 fully saturated rings. The van der Waals surface area contributed by atoms with Gasteiger partial charge in [-0.1, -0.05) is 25.1 Å². The van der Waals surface area contributed by atoms with Gasteiger partial charge in [-0.05, 0) is 37.1 Å². The van der Waals surface area contributed by atoms with E-state index in [1.165, 1.54) is 17.4 Å². The highest BCUT2D eigenvalue weighted by Gasteiger charge is 2.16. The van der Waals surface area contributed by atoms with Crippen molar-refractivity contribution in [2.75, 3.05) is 0 Å². The van der Waals surface area contributed by atoms with Crippen molar-refractivity contribution in [1.29, 1.82) is 0 Å². The summed E-state index contributed by atoms with van der Waals surface area (Å²) in [6.45, 7) is 3.95. The van der Waals surface area contributed by atoms with E-state index >= 15 is 0 Å². The van der Waals surface area contributed by atoms with E-state index in [4.69, 9.17) is 4.42 Å². The monoisotopic (exact) mass is 356 g/mol. The van der Waals surface area contributed by atoms with Crippen LogP contribution < -0.4 is 16.5 Å². The average molecular weight is 356 g/mol. The number of para-hydroxylation sites is 1. The lowest BCUT2D eigenvalue weighted by Crippen LogP contribution is -2.42. The van der Waals surface area contributed by atoms with E-state index in [2.05, 4.69) is 10.9 Å². The maximum absolute atomic E-state index is 12.2. The minimum absolute atomic E-state index is 0.171. The molecule has 0 aliphatic rings. The minimum atomic E-state index is -0.759. The number of aryl methyl sites for hydroxylation is 2. The summed E-state index contributed by atoms with van der Waals surface area (Å²) in [4.78, 5) is 37.9. The van der Waals surface area contributed by atoms with Gasteiger partial charge in [-0.15, -0.1) is 11.3 Å². The average Bonchev–Trinajstić information content (AvgIpc) is 2.99. The quantitative estimate of drug-likeness (QED) is 0.558. The predicted octanol–water partition coefficient (Wildman–Crippen LogP) is 2.80. The Morgan fingerprint density at radius 3 is 2.56 bits per heavy atom. The summed E-state index contributed by atoms with van der Waals surface area (Å²) in [6.07, 6.45) is 0.842. The Balaban J connectivity index is 1.75. The highest BCUT2D eigenvalue weighted by atomic mass is 32.1. The van der Waals surface area contributed by atoms with Crippen LogP contribution >= 0.6 is 11.3 Å². The molecule has 0 radical (unpaired) electrons. The first-order valence-electron chi connectivity index (χ1n) is 7.72. The van der Waals surface area contributed by atoms with E-state index in [1.807, 2.05) is 13.8 Å². The minimum Gasteiger partial charge on any atom is -0.422 e. The third-order valence-electron chi connectivity index (χ3n) is 3.74. The number of hydrazine groups is 1. The Bertz CT molecular complexity index is 1020. The summed E-state index contributed by atoms with van der Waals surface area (Å²) in [5.74, 6) is -1.15. The number of carbonyl (C=O) groups excluding carboxylic acids is 2. The van der Waals surface area contributed by atoms with Crippen LogP contribution in [0.15, 0.2) is 45.6 Å². The summed E-state index contributed by atoms with van der Waals surface area (Å²) in [5.41, 5.74) is 5.10. The fourth-order valence-corrected chi connectivity index (χ4v) is 3.45. The smallest absolute Gasteiger partial charge is 0.349 e. The molecule has 1 aromatic carbocycles. The number of thiophene rings is 1. The summed E-state index contributed by atoms with van der Waals surface area (Å²) >= 11 is 1.38. The number of hydrogen-bond acceptors (Lipinski definition) is 5. The Morgan fingerprint density at radius 1 is 1.12 bits per heavy atom. The highest BCUT2D eigenvalue weighted by molar-refractivity contribution is 7.14. The van der Waals surface area contributed by atoms with Crippen LogP contribution in [0.4, 0.5) is 0 Å². The summed E-state index contributed by atoms with van der Waals surface area (Å²) in [6, 6.07) is 10.1. The van der Waals surface area contributed by atoms with Crippen LogP contribution in [0, 0.1) is 6.92 Å². The summed E-state index contributed by atoms with van der Waals surface area (Å²) in [7, 11) is 0. The van der Waals surface area contributed by atoms with Crippen LogP contribution in [-0.4, -0.2) is 11.8 Å². The Morgan fingerprint density at radius 2 is 1.84 bits per heavy atom. The van der Waals surface area contributed by atoms with Gasteiger partial charge in [0, 0.05) is 10.3 Å². The number of carbonyl (C=O) groups is 2. The SMILES string of the molecule is CCc1sc(C(=O)NNC(=O)c2cc3ccccc3oc2=O)cc1C. The van der Waals surface area contributed by atoms with Crippen LogP contribution in [-0.2, 0) is 6.42 Å². The highest BCUT2D eigenvalue weighted by Crippen LogP contribution is 2.22. The van der Waals surface area contributed by atoms with Gasteiger partial charge >= 0.3 is 5.63 Å². The molecule has 7 heteroatoms. The molecule has 128 valence electrons. The molecule has 0 aliphatic carbocycles. The Hall–Kier alpha value is -2.93. The molecule has 0 aliphatic heterocycles. The maximum Gasteiger partial charge on any atom is 0.349 e. The van der Waals surface area contributed by atoms with Gasteiger partial charge in [0.25, 0.3) is 11.8 Å². The molecular weight excluding hydrogens is 340 g/mol. The van der Waals surface area contributed by atoms with Crippen LogP contribution in [0.5, 0.6) is 0 Å². The summed E-state index contributed by atoms with van der Waals surface area (Å²) in [5, 5.41) is 0.625. The standard InChI is InChI=1S/C18H16N2O4S/c1-3-14-10(2)8-15(25-14)17(22)20-19-16(21)12-9-11-6-4-5-7-13(11)24-18(12)23/h4-9H,3H2,1-2H3,(H,19,21)(H,20,22). The van der Waals surface area contributed by atoms with E-state index in [0.29, 0.717) is 15.8 Å². The van der Waals surface area contributed by atoms with Gasteiger partial charge in [0.2, 0.25) is 0 Å². The number of fused-ring (bicyclic) bond motifs is 1. The molecule has 0 spiro atoms. The molecular formula is C18H16N2O4S. The molecule has 0 saturated carbocycles. The van der Waals surface area contributed by atoms with E-state index in [9.17, 15) is 14.4 Å². The lowest BCUT2D eigenvalue weighted by Gasteiger charge is -2.06. The molecule has 6 nitrogen and oxygen atoms in total. The molecule has 2 heterocycles. The predicted molar refractivity (Wildman–Crippen MR) is 95.9 cm³/mol. The van der Waals surface area contributed by atoms with Crippen molar-refractivity contribution < 1.29 is 14.0 Å². The van der Waals surface area contributed by atoms with E-state index < -0.39 is 17.4 Å². The molecule has 0 unspecified atom stereocenters. The zero-order valence-corrected chi connectivity index (χ0v) is 14.5. The maximum atomic E-state index is 12.2. The molecule has 2 N–H and O–H groups in total. The van der Waals surface area contributed by atoms with E-state index in [0.717, 1.165) is 16.9 Å². The molecule has 25 heavy (non-hydrogen) atoms. The molecule has 3 rings (SSSR count). The summed E-state index contributed by atoms with van der Waals surface area (Å²) < 4.78 is 5.11. The van der Waals surface area contributed by atoms with Gasteiger partial charge in [0.15, 0.2) is 0 Å². The fourth-order valence-electron chi connectivity index (χ4n) is 2.45. The zero-order chi connectivity index (χ0) is 18.0. The van der Waals surface area contributed by atoms with Gasteiger partial charge in [-0.25, -0.2) is 4.79 Å². The van der Waals surface area contributed by atoms with Crippen molar-refractivity contribution in [3.8, 4) is 0 Å². The van der Waals surface area contributed by atoms with Crippen LogP contribution in [0.1, 0.15) is 37.4 Å². The lowest BCUT2D eigenvalue weighted by atomic mass is 10.2. The Kier molecular flexibility index (Phi) is 4.67. The zero-order valence-electron chi connectivity index (χ0n) is 13.7. The van der Waals surface area contributed by atoms with Gasteiger partial charge in [0.05, 0.1) is 4.88 Å². The molecule has 2 aromatic heterocycles. The largest absolute Gasteiger partial charge is 0.422 e. The van der Waals surface area contributed by atoms with E-state index in [-0.39, 0.29) is 5.56 Å². The first-order valence-corrected chi connectivity index (χ1v) is 8.54. The number of rotatable bonds is 3. The van der Waals surface area contributed by atoms with Crippen molar-refractivity contribution in [2.45, 2.75) is 20.3 Å². The van der Waals surface area contributed by atoms with Crippen molar-refractivity contribution in [2.24, 2.45) is 0 Å². The lowest BCUT2D eigenvalue weighted by molar-refractivity contribution is 0.0847.